The molecule has 4 heteroatoms. The summed E-state index contributed by atoms with van der Waals surface area (Å²) in [6.07, 6.45) is 0.961. The Hall–Kier alpha value is -1.27. The monoisotopic (exact) mass is 210 g/mol. The fourth-order valence-electron chi connectivity index (χ4n) is 0.887. The van der Waals surface area contributed by atoms with Crippen LogP contribution in [0.5, 0.6) is 5.88 Å². The average molecular weight is 211 g/mol. The number of pyridine rings is 1. The molecule has 0 saturated carbocycles. The Labute approximate surface area is 88.3 Å². The quantitative estimate of drug-likeness (QED) is 0.721. The minimum absolute atomic E-state index is 0.0764. The van der Waals surface area contributed by atoms with Crippen molar-refractivity contribution in [3.63, 3.8) is 0 Å². The maximum atomic E-state index is 8.69. The number of nitrogens with zero attached hydrogens (tertiary/aromatic N) is 2. The molecule has 0 spiro atoms. The van der Waals surface area contributed by atoms with E-state index >= 15 is 0 Å². The minimum atomic E-state index is 0.0764. The largest absolute Gasteiger partial charge is 0.475 e. The normalized spacial score (nSPS) is 11.9. The number of rotatable bonds is 3. The van der Waals surface area contributed by atoms with E-state index in [0.29, 0.717) is 11.4 Å². The highest BCUT2D eigenvalue weighted by molar-refractivity contribution is 6.29. The standard InChI is InChI=1S/C10H11ClN2O/c1-3-7(2)14-10-5-8(6-12)4-9(11)13-10/h4-5,7H,3H2,1-2H3. The lowest BCUT2D eigenvalue weighted by atomic mass is 10.3. The SMILES string of the molecule is CCC(C)Oc1cc(C#N)cc(Cl)n1. The van der Waals surface area contributed by atoms with Crippen molar-refractivity contribution >= 4 is 11.6 Å². The molecule has 0 bridgehead atoms. The predicted octanol–water partition coefficient (Wildman–Crippen LogP) is 2.78. The molecule has 0 saturated heterocycles. The second-order valence-corrected chi connectivity index (χ2v) is 3.35. The minimum Gasteiger partial charge on any atom is -0.475 e. The van der Waals surface area contributed by atoms with Gasteiger partial charge in [-0.05, 0) is 19.4 Å². The highest BCUT2D eigenvalue weighted by atomic mass is 35.5. The summed E-state index contributed by atoms with van der Waals surface area (Å²) < 4.78 is 5.44. The van der Waals surface area contributed by atoms with Gasteiger partial charge in [0, 0.05) is 6.07 Å². The second kappa shape index (κ2) is 4.83. The highest BCUT2D eigenvalue weighted by Gasteiger charge is 2.05. The van der Waals surface area contributed by atoms with Gasteiger partial charge in [-0.3, -0.25) is 0 Å². The number of aromatic nitrogens is 1. The van der Waals surface area contributed by atoms with Crippen molar-refractivity contribution < 1.29 is 4.74 Å². The first kappa shape index (κ1) is 10.8. The van der Waals surface area contributed by atoms with E-state index in [4.69, 9.17) is 21.6 Å². The molecule has 1 unspecified atom stereocenters. The Morgan fingerprint density at radius 3 is 2.93 bits per heavy atom. The van der Waals surface area contributed by atoms with E-state index in [1.165, 1.54) is 6.07 Å². The fraction of sp³-hybridized carbons (Fsp3) is 0.400. The van der Waals surface area contributed by atoms with Crippen LogP contribution in [0.25, 0.3) is 0 Å². The molecule has 0 N–H and O–H groups in total. The van der Waals surface area contributed by atoms with Gasteiger partial charge in [-0.2, -0.15) is 5.26 Å². The van der Waals surface area contributed by atoms with Gasteiger partial charge in [0.2, 0.25) is 5.88 Å². The summed E-state index contributed by atoms with van der Waals surface area (Å²) in [4.78, 5) is 3.96. The summed E-state index contributed by atoms with van der Waals surface area (Å²) in [6, 6.07) is 5.08. The maximum absolute atomic E-state index is 8.69. The van der Waals surface area contributed by atoms with Gasteiger partial charge >= 0.3 is 0 Å². The van der Waals surface area contributed by atoms with Gasteiger partial charge in [-0.1, -0.05) is 18.5 Å². The molecule has 0 aromatic carbocycles. The summed E-state index contributed by atoms with van der Waals surface area (Å²) in [7, 11) is 0. The van der Waals surface area contributed by atoms with E-state index in [1.807, 2.05) is 19.9 Å². The first-order chi connectivity index (χ1) is 6.65. The molecule has 0 aliphatic heterocycles. The number of halogens is 1. The van der Waals surface area contributed by atoms with Crippen LogP contribution < -0.4 is 4.74 Å². The molecule has 1 rings (SSSR count). The molecule has 1 aromatic heterocycles. The van der Waals surface area contributed by atoms with Gasteiger partial charge in [0.15, 0.2) is 0 Å². The van der Waals surface area contributed by atoms with Gasteiger partial charge in [0.25, 0.3) is 0 Å². The molecule has 3 nitrogen and oxygen atoms in total. The van der Waals surface area contributed by atoms with Crippen molar-refractivity contribution in [2.24, 2.45) is 0 Å². The van der Waals surface area contributed by atoms with Crippen LogP contribution >= 0.6 is 11.6 Å². The van der Waals surface area contributed by atoms with Crippen LogP contribution in [0.1, 0.15) is 25.8 Å². The number of hydrogen-bond donors (Lipinski definition) is 0. The number of hydrogen-bond acceptors (Lipinski definition) is 3. The molecule has 74 valence electrons. The lowest BCUT2D eigenvalue weighted by Crippen LogP contribution is -2.10. The van der Waals surface area contributed by atoms with Gasteiger partial charge in [0.05, 0.1) is 17.7 Å². The van der Waals surface area contributed by atoms with Gasteiger partial charge < -0.3 is 4.74 Å². The van der Waals surface area contributed by atoms with Crippen molar-refractivity contribution in [1.82, 2.24) is 4.98 Å². The lowest BCUT2D eigenvalue weighted by Gasteiger charge is -2.11. The fourth-order valence-corrected chi connectivity index (χ4v) is 1.09. The van der Waals surface area contributed by atoms with Crippen molar-refractivity contribution in [1.29, 1.82) is 5.26 Å². The molecule has 0 fully saturated rings. The van der Waals surface area contributed by atoms with E-state index in [2.05, 4.69) is 4.98 Å². The zero-order chi connectivity index (χ0) is 10.6. The Balaban J connectivity index is 2.88. The van der Waals surface area contributed by atoms with Gasteiger partial charge in [0.1, 0.15) is 5.15 Å². The molecular formula is C10H11ClN2O. The molecule has 14 heavy (non-hydrogen) atoms. The van der Waals surface area contributed by atoms with E-state index < -0.39 is 0 Å². The predicted molar refractivity (Wildman–Crippen MR) is 54.3 cm³/mol. The van der Waals surface area contributed by atoms with E-state index in [-0.39, 0.29) is 11.3 Å². The molecular weight excluding hydrogens is 200 g/mol. The zero-order valence-corrected chi connectivity index (χ0v) is 8.88. The molecule has 0 aliphatic carbocycles. The van der Waals surface area contributed by atoms with Crippen LogP contribution in [0.3, 0.4) is 0 Å². The Bertz CT molecular complexity index is 360. The van der Waals surface area contributed by atoms with Crippen LogP contribution in [-0.4, -0.2) is 11.1 Å². The van der Waals surface area contributed by atoms with Gasteiger partial charge in [-0.25, -0.2) is 4.98 Å². The summed E-state index contributed by atoms with van der Waals surface area (Å²) >= 11 is 5.71. The number of nitriles is 1. The van der Waals surface area contributed by atoms with Gasteiger partial charge in [-0.15, -0.1) is 0 Å². The third-order valence-electron chi connectivity index (χ3n) is 1.80. The third-order valence-corrected chi connectivity index (χ3v) is 1.99. The molecule has 1 aromatic rings. The Morgan fingerprint density at radius 1 is 1.64 bits per heavy atom. The van der Waals surface area contributed by atoms with E-state index in [0.717, 1.165) is 6.42 Å². The van der Waals surface area contributed by atoms with Crippen LogP contribution in [0.15, 0.2) is 12.1 Å². The third kappa shape index (κ3) is 2.90. The Kier molecular flexibility index (Phi) is 3.73. The van der Waals surface area contributed by atoms with Crippen LogP contribution in [-0.2, 0) is 0 Å². The van der Waals surface area contributed by atoms with E-state index in [9.17, 15) is 0 Å². The van der Waals surface area contributed by atoms with Crippen LogP contribution in [0.4, 0.5) is 0 Å². The molecule has 0 aliphatic rings. The maximum Gasteiger partial charge on any atom is 0.216 e. The van der Waals surface area contributed by atoms with Crippen molar-refractivity contribution in [2.75, 3.05) is 0 Å². The molecule has 0 amide bonds. The Morgan fingerprint density at radius 2 is 2.36 bits per heavy atom. The summed E-state index contributed by atoms with van der Waals surface area (Å²) in [5.41, 5.74) is 0.461. The topological polar surface area (TPSA) is 45.9 Å². The average Bonchev–Trinajstić information content (AvgIpc) is 2.16. The van der Waals surface area contributed by atoms with E-state index in [1.54, 1.807) is 6.07 Å². The van der Waals surface area contributed by atoms with Crippen LogP contribution in [0, 0.1) is 11.3 Å². The lowest BCUT2D eigenvalue weighted by molar-refractivity contribution is 0.208. The van der Waals surface area contributed by atoms with Crippen molar-refractivity contribution in [3.05, 3.63) is 22.8 Å². The van der Waals surface area contributed by atoms with Crippen LogP contribution in [0.2, 0.25) is 5.15 Å². The summed E-state index contributed by atoms with van der Waals surface area (Å²) in [6.45, 7) is 3.95. The number of ether oxygens (including phenoxy) is 1. The molecule has 0 radical (unpaired) electrons. The van der Waals surface area contributed by atoms with Crippen molar-refractivity contribution in [3.8, 4) is 11.9 Å². The molecule has 1 heterocycles. The smallest absolute Gasteiger partial charge is 0.216 e. The first-order valence-electron chi connectivity index (χ1n) is 4.40. The summed E-state index contributed by atoms with van der Waals surface area (Å²) in [5.74, 6) is 0.406. The summed E-state index contributed by atoms with van der Waals surface area (Å²) in [5, 5.41) is 8.97. The zero-order valence-electron chi connectivity index (χ0n) is 8.12. The first-order valence-corrected chi connectivity index (χ1v) is 4.77. The van der Waals surface area contributed by atoms with Crippen molar-refractivity contribution in [2.45, 2.75) is 26.4 Å². The molecule has 1 atom stereocenters. The second-order valence-electron chi connectivity index (χ2n) is 2.97. The highest BCUT2D eigenvalue weighted by Crippen LogP contribution is 2.17.